The molecule has 34 heavy (non-hydrogen) atoms. The van der Waals surface area contributed by atoms with Gasteiger partial charge in [-0.3, -0.25) is 4.79 Å². The third-order valence-corrected chi connectivity index (χ3v) is 5.76. The molecule has 0 aliphatic rings. The predicted octanol–water partition coefficient (Wildman–Crippen LogP) is 4.79. The van der Waals surface area contributed by atoms with Crippen LogP contribution in [0.15, 0.2) is 78.1 Å². The van der Waals surface area contributed by atoms with E-state index in [0.29, 0.717) is 36.1 Å². The minimum absolute atomic E-state index is 0.0248. The number of aliphatic hydroxyl groups is 2. The van der Waals surface area contributed by atoms with Gasteiger partial charge in [0, 0.05) is 30.4 Å². The van der Waals surface area contributed by atoms with E-state index in [-0.39, 0.29) is 42.5 Å². The van der Waals surface area contributed by atoms with Crippen LogP contribution in [-0.2, 0) is 30.7 Å². The Morgan fingerprint density at radius 2 is 1.47 bits per heavy atom. The van der Waals surface area contributed by atoms with Gasteiger partial charge >= 0.3 is 0 Å². The number of Topliss-reactive ketones (excluding diaryl/α,β-unsaturated/α-hetero) is 1. The first-order valence-corrected chi connectivity index (χ1v) is 11.2. The lowest BCUT2D eigenvalue weighted by atomic mass is 9.94. The van der Waals surface area contributed by atoms with Crippen LogP contribution in [0.5, 0.6) is 17.2 Å². The minimum atomic E-state index is -0.277. The molecule has 3 aromatic carbocycles. The minimum Gasteiger partial charge on any atom is -0.512 e. The zero-order chi connectivity index (χ0) is 24.5. The Hall–Kier alpha value is -3.77. The summed E-state index contributed by atoms with van der Waals surface area (Å²) in [6.07, 6.45) is 1.69. The number of phenolic OH excluding ortho intramolecular Hbond substituents is 1. The second kappa shape index (κ2) is 11.9. The fourth-order valence-corrected chi connectivity index (χ4v) is 3.78. The molecule has 0 saturated carbocycles. The molecule has 0 saturated heterocycles. The molecular weight excluding hydrogens is 432 g/mol. The van der Waals surface area contributed by atoms with Crippen LogP contribution in [-0.4, -0.2) is 33.3 Å². The van der Waals surface area contributed by atoms with Crippen molar-refractivity contribution in [1.29, 1.82) is 0 Å². The highest BCUT2D eigenvalue weighted by Crippen LogP contribution is 2.27. The van der Waals surface area contributed by atoms with Crippen LogP contribution in [0.2, 0.25) is 0 Å². The van der Waals surface area contributed by atoms with Crippen molar-refractivity contribution in [1.82, 2.24) is 0 Å². The first kappa shape index (κ1) is 24.9. The van der Waals surface area contributed by atoms with Crippen molar-refractivity contribution in [2.24, 2.45) is 0 Å². The summed E-state index contributed by atoms with van der Waals surface area (Å²) in [5, 5.41) is 39.8. The number of allylic oxidation sites excluding steroid dienone is 2. The van der Waals surface area contributed by atoms with Crippen molar-refractivity contribution in [2.45, 2.75) is 38.7 Å². The van der Waals surface area contributed by atoms with Gasteiger partial charge in [0.05, 0.1) is 19.5 Å². The van der Waals surface area contributed by atoms with Crippen LogP contribution in [0, 0.1) is 0 Å². The Balaban J connectivity index is 1.77. The third-order valence-electron chi connectivity index (χ3n) is 5.76. The topological polar surface area (TPSA) is 107 Å². The summed E-state index contributed by atoms with van der Waals surface area (Å²) < 4.78 is 5.14. The molecule has 0 atom stereocenters. The molecule has 6 heteroatoms. The summed E-state index contributed by atoms with van der Waals surface area (Å²) in [4.78, 5) is 13.2. The summed E-state index contributed by atoms with van der Waals surface area (Å²) in [7, 11) is 1.47. The fraction of sp³-hybridized carbons (Fsp3) is 0.250. The molecule has 0 heterocycles. The average molecular weight is 463 g/mol. The number of benzene rings is 3. The van der Waals surface area contributed by atoms with Crippen LogP contribution in [0.4, 0.5) is 0 Å². The van der Waals surface area contributed by atoms with Gasteiger partial charge in [-0.15, -0.1) is 0 Å². The monoisotopic (exact) mass is 462 g/mol. The molecule has 0 unspecified atom stereocenters. The number of hydrogen-bond donors (Lipinski definition) is 4. The van der Waals surface area contributed by atoms with Gasteiger partial charge in [0.1, 0.15) is 5.75 Å². The summed E-state index contributed by atoms with van der Waals surface area (Å²) in [5.74, 6) is 0.310. The second-order valence-corrected chi connectivity index (χ2v) is 8.14. The van der Waals surface area contributed by atoms with Crippen LogP contribution in [0.1, 0.15) is 35.1 Å². The number of phenols is 2. The van der Waals surface area contributed by atoms with E-state index in [9.17, 15) is 25.2 Å². The van der Waals surface area contributed by atoms with E-state index in [4.69, 9.17) is 4.74 Å². The van der Waals surface area contributed by atoms with Crippen molar-refractivity contribution >= 4 is 5.78 Å². The van der Waals surface area contributed by atoms with E-state index in [1.807, 2.05) is 30.3 Å². The van der Waals surface area contributed by atoms with Gasteiger partial charge in [-0.25, -0.2) is 0 Å². The number of aliphatic hydroxyl groups excluding tert-OH is 2. The number of aromatic hydroxyl groups is 2. The lowest BCUT2D eigenvalue weighted by Crippen LogP contribution is -2.11. The van der Waals surface area contributed by atoms with Gasteiger partial charge in [-0.05, 0) is 53.8 Å². The number of carbonyl (C=O) groups is 1. The van der Waals surface area contributed by atoms with Crippen LogP contribution in [0.25, 0.3) is 0 Å². The standard InChI is InChI=1S/C28H30O6/c1-34-28-17-21(10-14-27(28)33)9-13-26(32)23(16-19-5-3-2-4-6-19)25(31)12-8-20-7-11-24(30)22(15-20)18-29/h2-7,10-11,14-15,17,29-31,33H,8-9,12-13,16,18H2,1H3. The van der Waals surface area contributed by atoms with Crippen molar-refractivity contribution in [2.75, 3.05) is 7.11 Å². The molecule has 0 fully saturated rings. The SMILES string of the molecule is COc1cc(CCC(=O)C(Cc2ccccc2)=C(O)CCc2ccc(O)c(CO)c2)ccc1O. The molecule has 0 radical (unpaired) electrons. The molecule has 6 nitrogen and oxygen atoms in total. The van der Waals surface area contributed by atoms with E-state index in [1.54, 1.807) is 24.3 Å². The zero-order valence-corrected chi connectivity index (χ0v) is 19.2. The second-order valence-electron chi connectivity index (χ2n) is 8.14. The van der Waals surface area contributed by atoms with Crippen LogP contribution < -0.4 is 4.74 Å². The van der Waals surface area contributed by atoms with Crippen molar-refractivity contribution in [3.63, 3.8) is 0 Å². The molecule has 4 N–H and O–H groups in total. The van der Waals surface area contributed by atoms with Gasteiger partial charge in [-0.2, -0.15) is 0 Å². The Bertz CT molecular complexity index is 1150. The smallest absolute Gasteiger partial charge is 0.162 e. The highest BCUT2D eigenvalue weighted by Gasteiger charge is 2.17. The third kappa shape index (κ3) is 6.62. The molecule has 0 spiro atoms. The Labute approximate surface area is 199 Å². The molecule has 0 aliphatic carbocycles. The fourth-order valence-electron chi connectivity index (χ4n) is 3.78. The predicted molar refractivity (Wildman–Crippen MR) is 130 cm³/mol. The number of aryl methyl sites for hydroxylation is 2. The maximum atomic E-state index is 13.2. The first-order chi connectivity index (χ1) is 16.4. The maximum Gasteiger partial charge on any atom is 0.162 e. The van der Waals surface area contributed by atoms with E-state index in [2.05, 4.69) is 0 Å². The van der Waals surface area contributed by atoms with Crippen molar-refractivity contribution < 1.29 is 30.0 Å². The number of methoxy groups -OCH3 is 1. The molecule has 0 aromatic heterocycles. The summed E-state index contributed by atoms with van der Waals surface area (Å²) in [5.41, 5.74) is 3.41. The van der Waals surface area contributed by atoms with Crippen LogP contribution in [0.3, 0.4) is 0 Å². The highest BCUT2D eigenvalue weighted by molar-refractivity contribution is 5.96. The Kier molecular flexibility index (Phi) is 8.71. The van der Waals surface area contributed by atoms with Crippen LogP contribution >= 0.6 is 0 Å². The molecule has 178 valence electrons. The number of rotatable bonds is 11. The number of ether oxygens (including phenoxy) is 1. The number of hydrogen-bond acceptors (Lipinski definition) is 6. The molecule has 3 aromatic rings. The number of carbonyl (C=O) groups excluding carboxylic acids is 1. The maximum absolute atomic E-state index is 13.2. The first-order valence-electron chi connectivity index (χ1n) is 11.2. The van der Waals surface area contributed by atoms with Gasteiger partial charge in [-0.1, -0.05) is 42.5 Å². The summed E-state index contributed by atoms with van der Waals surface area (Å²) in [6.45, 7) is -0.277. The molecule has 3 rings (SSSR count). The largest absolute Gasteiger partial charge is 0.512 e. The Morgan fingerprint density at radius 1 is 0.824 bits per heavy atom. The van der Waals surface area contributed by atoms with Crippen molar-refractivity contribution in [3.8, 4) is 17.2 Å². The van der Waals surface area contributed by atoms with E-state index < -0.39 is 0 Å². The van der Waals surface area contributed by atoms with Gasteiger partial charge in [0.2, 0.25) is 0 Å². The lowest BCUT2D eigenvalue weighted by Gasteiger charge is -2.12. The molecule has 0 aliphatic heterocycles. The van der Waals surface area contributed by atoms with Gasteiger partial charge in [0.25, 0.3) is 0 Å². The van der Waals surface area contributed by atoms with Gasteiger partial charge < -0.3 is 25.2 Å². The lowest BCUT2D eigenvalue weighted by molar-refractivity contribution is -0.115. The number of ketones is 1. The molecule has 0 bridgehead atoms. The van der Waals surface area contributed by atoms with Crippen molar-refractivity contribution in [3.05, 3.63) is 100 Å². The highest BCUT2D eigenvalue weighted by atomic mass is 16.5. The summed E-state index contributed by atoms with van der Waals surface area (Å²) in [6, 6.07) is 19.4. The molecule has 0 amide bonds. The summed E-state index contributed by atoms with van der Waals surface area (Å²) >= 11 is 0. The van der Waals surface area contributed by atoms with E-state index in [0.717, 1.165) is 16.7 Å². The Morgan fingerprint density at radius 3 is 2.15 bits per heavy atom. The van der Waals surface area contributed by atoms with E-state index in [1.165, 1.54) is 19.2 Å². The van der Waals surface area contributed by atoms with Gasteiger partial charge in [0.15, 0.2) is 17.3 Å². The van der Waals surface area contributed by atoms with E-state index >= 15 is 0 Å². The molecular formula is C28H30O6. The zero-order valence-electron chi connectivity index (χ0n) is 19.2. The normalized spacial score (nSPS) is 11.7. The quantitative estimate of drug-likeness (QED) is 0.241. The average Bonchev–Trinajstić information content (AvgIpc) is 2.86.